The predicted molar refractivity (Wildman–Crippen MR) is 100.0 cm³/mol. The number of carbonyl (C=O) groups is 2. The van der Waals surface area contributed by atoms with E-state index in [-0.39, 0.29) is 24.2 Å². The topological polar surface area (TPSA) is 97.4 Å². The third kappa shape index (κ3) is 5.92. The highest BCUT2D eigenvalue weighted by Gasteiger charge is 2.13. The third-order valence-electron chi connectivity index (χ3n) is 3.14. The molecule has 1 aromatic heterocycles. The largest absolute Gasteiger partial charge is 0.472 e. The molecule has 130 valence electrons. The van der Waals surface area contributed by atoms with Gasteiger partial charge in [-0.25, -0.2) is 0 Å². The van der Waals surface area contributed by atoms with Gasteiger partial charge in [0.15, 0.2) is 0 Å². The molecule has 0 aliphatic carbocycles. The Bertz CT molecular complexity index is 664. The van der Waals surface area contributed by atoms with E-state index in [1.807, 2.05) is 6.26 Å². The molecule has 4 N–H and O–H groups in total. The summed E-state index contributed by atoms with van der Waals surface area (Å²) in [7, 11) is 0. The van der Waals surface area contributed by atoms with Crippen molar-refractivity contribution in [3.05, 3.63) is 48.4 Å². The lowest BCUT2D eigenvalue weighted by Crippen LogP contribution is -2.36. The molecule has 8 heteroatoms. The Kier molecular flexibility index (Phi) is 8.39. The maximum Gasteiger partial charge on any atom is 0.258 e. The minimum absolute atomic E-state index is 0. The number of amides is 2. The first-order valence-electron chi connectivity index (χ1n) is 7.09. The number of hydrogen-bond donors (Lipinski definition) is 3. The van der Waals surface area contributed by atoms with Gasteiger partial charge < -0.3 is 20.8 Å². The van der Waals surface area contributed by atoms with Gasteiger partial charge in [0, 0.05) is 11.4 Å². The van der Waals surface area contributed by atoms with E-state index in [1.54, 1.807) is 42.1 Å². The second-order valence-corrected chi connectivity index (χ2v) is 5.91. The molecule has 0 fully saturated rings. The van der Waals surface area contributed by atoms with Crippen LogP contribution in [0.5, 0.6) is 0 Å². The van der Waals surface area contributed by atoms with Crippen molar-refractivity contribution in [3.8, 4) is 0 Å². The van der Waals surface area contributed by atoms with E-state index < -0.39 is 6.04 Å². The molecular formula is C16H20ClN3O3S. The number of furan rings is 1. The van der Waals surface area contributed by atoms with E-state index >= 15 is 0 Å². The van der Waals surface area contributed by atoms with Crippen LogP contribution in [0.2, 0.25) is 0 Å². The first-order valence-corrected chi connectivity index (χ1v) is 8.48. The van der Waals surface area contributed by atoms with Crippen LogP contribution in [-0.4, -0.2) is 29.9 Å². The highest BCUT2D eigenvalue weighted by Crippen LogP contribution is 2.16. The Hall–Kier alpha value is -1.96. The van der Waals surface area contributed by atoms with Crippen LogP contribution in [-0.2, 0) is 4.79 Å². The van der Waals surface area contributed by atoms with E-state index in [0.29, 0.717) is 23.4 Å². The minimum Gasteiger partial charge on any atom is -0.472 e. The number of rotatable bonds is 7. The molecular weight excluding hydrogens is 350 g/mol. The van der Waals surface area contributed by atoms with Gasteiger partial charge >= 0.3 is 0 Å². The van der Waals surface area contributed by atoms with Gasteiger partial charge in [0.25, 0.3) is 5.91 Å². The van der Waals surface area contributed by atoms with E-state index in [2.05, 4.69) is 10.6 Å². The summed E-state index contributed by atoms with van der Waals surface area (Å²) in [6.45, 7) is 0. The van der Waals surface area contributed by atoms with Crippen LogP contribution < -0.4 is 16.4 Å². The second-order valence-electron chi connectivity index (χ2n) is 4.92. The van der Waals surface area contributed by atoms with Crippen LogP contribution >= 0.6 is 24.2 Å². The number of halogens is 1. The van der Waals surface area contributed by atoms with Crippen molar-refractivity contribution in [2.75, 3.05) is 22.6 Å². The van der Waals surface area contributed by atoms with Crippen LogP contribution in [0.3, 0.4) is 0 Å². The second kappa shape index (κ2) is 10.0. The third-order valence-corrected chi connectivity index (χ3v) is 3.79. The van der Waals surface area contributed by atoms with Crippen molar-refractivity contribution in [1.82, 2.24) is 0 Å². The quantitative estimate of drug-likeness (QED) is 0.697. The SMILES string of the molecule is CSCC[C@H](N)C(=O)Nc1cccc(NC(=O)c2ccoc2)c1.Cl. The Balaban J connectivity index is 0.00000288. The lowest BCUT2D eigenvalue weighted by molar-refractivity contribution is -0.117. The smallest absolute Gasteiger partial charge is 0.258 e. The number of carbonyl (C=O) groups excluding carboxylic acids is 2. The standard InChI is InChI=1S/C16H19N3O3S.ClH/c1-23-8-6-14(17)16(21)19-13-4-2-3-12(9-13)18-15(20)11-5-7-22-10-11;/h2-5,7,9-10,14H,6,8,17H2,1H3,(H,18,20)(H,19,21);1H/t14-;/m0./s1. The first-order chi connectivity index (χ1) is 11.1. The van der Waals surface area contributed by atoms with Crippen LogP contribution in [0.15, 0.2) is 47.3 Å². The summed E-state index contributed by atoms with van der Waals surface area (Å²) in [5.74, 6) is 0.311. The summed E-state index contributed by atoms with van der Waals surface area (Å²) in [4.78, 5) is 23.9. The summed E-state index contributed by atoms with van der Waals surface area (Å²) < 4.78 is 4.87. The zero-order chi connectivity index (χ0) is 16.7. The Labute approximate surface area is 151 Å². The molecule has 6 nitrogen and oxygen atoms in total. The highest BCUT2D eigenvalue weighted by molar-refractivity contribution is 7.98. The molecule has 24 heavy (non-hydrogen) atoms. The van der Waals surface area contributed by atoms with Gasteiger partial charge in [-0.3, -0.25) is 9.59 Å². The van der Waals surface area contributed by atoms with Gasteiger partial charge in [0.05, 0.1) is 17.9 Å². The zero-order valence-electron chi connectivity index (χ0n) is 13.2. The summed E-state index contributed by atoms with van der Waals surface area (Å²) in [6, 6.07) is 7.93. The molecule has 0 unspecified atom stereocenters. The molecule has 0 spiro atoms. The molecule has 0 saturated heterocycles. The predicted octanol–water partition coefficient (Wildman–Crippen LogP) is 2.97. The maximum absolute atomic E-state index is 12.0. The molecule has 1 heterocycles. The van der Waals surface area contributed by atoms with E-state index in [1.165, 1.54) is 12.5 Å². The molecule has 1 aromatic carbocycles. The average molecular weight is 370 g/mol. The summed E-state index contributed by atoms with van der Waals surface area (Å²) in [5.41, 5.74) is 7.42. The molecule has 2 aromatic rings. The number of nitrogens with two attached hydrogens (primary N) is 1. The van der Waals surface area contributed by atoms with Crippen molar-refractivity contribution in [3.63, 3.8) is 0 Å². The molecule has 1 atom stereocenters. The first kappa shape index (κ1) is 20.1. The van der Waals surface area contributed by atoms with Crippen molar-refractivity contribution in [2.45, 2.75) is 12.5 Å². The normalized spacial score (nSPS) is 11.2. The van der Waals surface area contributed by atoms with Gasteiger partial charge in [-0.15, -0.1) is 12.4 Å². The number of benzene rings is 1. The van der Waals surface area contributed by atoms with Gasteiger partial charge in [0.1, 0.15) is 6.26 Å². The molecule has 2 rings (SSSR count). The Morgan fingerprint density at radius 1 is 1.25 bits per heavy atom. The fourth-order valence-electron chi connectivity index (χ4n) is 1.88. The van der Waals surface area contributed by atoms with Crippen LogP contribution in [0.25, 0.3) is 0 Å². The molecule has 2 amide bonds. The van der Waals surface area contributed by atoms with E-state index in [4.69, 9.17) is 10.2 Å². The van der Waals surface area contributed by atoms with E-state index in [0.717, 1.165) is 5.75 Å². The Morgan fingerprint density at radius 2 is 1.96 bits per heavy atom. The fraction of sp³-hybridized carbons (Fsp3) is 0.250. The summed E-state index contributed by atoms with van der Waals surface area (Å²) in [5, 5.41) is 5.49. The van der Waals surface area contributed by atoms with Crippen LogP contribution in [0.4, 0.5) is 11.4 Å². The van der Waals surface area contributed by atoms with Gasteiger partial charge in [0.2, 0.25) is 5.91 Å². The van der Waals surface area contributed by atoms with E-state index in [9.17, 15) is 9.59 Å². The van der Waals surface area contributed by atoms with Crippen molar-refractivity contribution in [2.24, 2.45) is 5.73 Å². The van der Waals surface area contributed by atoms with Gasteiger partial charge in [-0.05, 0) is 42.7 Å². The molecule has 0 bridgehead atoms. The highest BCUT2D eigenvalue weighted by atomic mass is 35.5. The van der Waals surface area contributed by atoms with Crippen molar-refractivity contribution in [1.29, 1.82) is 0 Å². The van der Waals surface area contributed by atoms with Crippen molar-refractivity contribution >= 4 is 47.4 Å². The summed E-state index contributed by atoms with van der Waals surface area (Å²) in [6.07, 6.45) is 5.38. The molecule has 0 radical (unpaired) electrons. The van der Waals surface area contributed by atoms with Crippen LogP contribution in [0, 0.1) is 0 Å². The van der Waals surface area contributed by atoms with Gasteiger partial charge in [-0.1, -0.05) is 6.07 Å². The lowest BCUT2D eigenvalue weighted by Gasteiger charge is -2.12. The monoisotopic (exact) mass is 369 g/mol. The minimum atomic E-state index is -0.549. The fourth-order valence-corrected chi connectivity index (χ4v) is 2.37. The molecule has 0 aliphatic heterocycles. The summed E-state index contributed by atoms with van der Waals surface area (Å²) >= 11 is 1.65. The van der Waals surface area contributed by atoms with Crippen molar-refractivity contribution < 1.29 is 14.0 Å². The van der Waals surface area contributed by atoms with Gasteiger partial charge in [-0.2, -0.15) is 11.8 Å². The number of anilines is 2. The number of hydrogen-bond acceptors (Lipinski definition) is 5. The number of nitrogens with one attached hydrogen (secondary N) is 2. The number of thioether (sulfide) groups is 1. The molecule has 0 saturated carbocycles. The Morgan fingerprint density at radius 3 is 2.58 bits per heavy atom. The maximum atomic E-state index is 12.0. The average Bonchev–Trinajstić information content (AvgIpc) is 3.07. The lowest BCUT2D eigenvalue weighted by atomic mass is 10.2. The molecule has 0 aliphatic rings. The zero-order valence-corrected chi connectivity index (χ0v) is 14.8. The van der Waals surface area contributed by atoms with Crippen LogP contribution in [0.1, 0.15) is 16.8 Å².